The van der Waals surface area contributed by atoms with E-state index < -0.39 is 5.97 Å². The maximum absolute atomic E-state index is 11.0. The van der Waals surface area contributed by atoms with Crippen LogP contribution in [0.2, 0.25) is 0 Å². The molecule has 0 amide bonds. The minimum absolute atomic E-state index is 0.323. The lowest BCUT2D eigenvalue weighted by molar-refractivity contribution is -0.132. The van der Waals surface area contributed by atoms with Crippen LogP contribution in [-0.2, 0) is 4.79 Å². The molecule has 0 radical (unpaired) electrons. The highest BCUT2D eigenvalue weighted by atomic mass is 16.5. The third-order valence-electron chi connectivity index (χ3n) is 3.40. The van der Waals surface area contributed by atoms with Gasteiger partial charge in [0.25, 0.3) is 5.89 Å². The maximum Gasteiger partial charge on any atom is 0.331 e. The lowest BCUT2D eigenvalue weighted by Crippen LogP contribution is -2.03. The standard InChI is InChI=1S/C16H14N2O4/c1-21-13-7-5-10(6-8-13)14-17-15(22-18-14)11-3-2-4-12(9-11)16(19)20/h3,5-9H,2,4H2,1H3,(H,19,20). The number of nitrogens with zero attached hydrogens (tertiary/aromatic N) is 2. The topological polar surface area (TPSA) is 85.5 Å². The van der Waals surface area contributed by atoms with Crippen LogP contribution in [0.4, 0.5) is 0 Å². The van der Waals surface area contributed by atoms with Gasteiger partial charge in [-0.1, -0.05) is 11.2 Å². The van der Waals surface area contributed by atoms with Gasteiger partial charge in [0.2, 0.25) is 5.82 Å². The van der Waals surface area contributed by atoms with Crippen molar-refractivity contribution in [3.63, 3.8) is 0 Å². The third-order valence-corrected chi connectivity index (χ3v) is 3.40. The van der Waals surface area contributed by atoms with Crippen LogP contribution in [0.1, 0.15) is 18.7 Å². The molecule has 0 atom stereocenters. The number of methoxy groups -OCH3 is 1. The lowest BCUT2D eigenvalue weighted by atomic mass is 9.99. The Morgan fingerprint density at radius 3 is 2.77 bits per heavy atom. The number of rotatable bonds is 4. The van der Waals surface area contributed by atoms with Crippen molar-refractivity contribution in [3.05, 3.63) is 47.9 Å². The van der Waals surface area contributed by atoms with Gasteiger partial charge in [0.15, 0.2) is 0 Å². The van der Waals surface area contributed by atoms with E-state index >= 15 is 0 Å². The largest absolute Gasteiger partial charge is 0.497 e. The minimum Gasteiger partial charge on any atom is -0.497 e. The molecular formula is C16H14N2O4. The molecule has 1 N–H and O–H groups in total. The average molecular weight is 298 g/mol. The molecule has 0 fully saturated rings. The Labute approximate surface area is 126 Å². The van der Waals surface area contributed by atoms with Gasteiger partial charge in [0.1, 0.15) is 5.75 Å². The summed E-state index contributed by atoms with van der Waals surface area (Å²) >= 11 is 0. The Bertz CT molecular complexity index is 757. The molecule has 1 aromatic heterocycles. The first-order valence-corrected chi connectivity index (χ1v) is 6.80. The summed E-state index contributed by atoms with van der Waals surface area (Å²) in [5, 5.41) is 13.0. The zero-order valence-electron chi connectivity index (χ0n) is 11.9. The zero-order chi connectivity index (χ0) is 15.5. The van der Waals surface area contributed by atoms with Crippen LogP contribution in [-0.4, -0.2) is 28.3 Å². The van der Waals surface area contributed by atoms with E-state index in [1.165, 1.54) is 0 Å². The fraction of sp³-hybridized carbons (Fsp3) is 0.188. The molecule has 3 rings (SSSR count). The summed E-state index contributed by atoms with van der Waals surface area (Å²) in [4.78, 5) is 15.4. The maximum atomic E-state index is 11.0. The predicted molar refractivity (Wildman–Crippen MR) is 79.2 cm³/mol. The zero-order valence-corrected chi connectivity index (χ0v) is 11.9. The van der Waals surface area contributed by atoms with Gasteiger partial charge in [0.05, 0.1) is 7.11 Å². The molecule has 0 saturated carbocycles. The Hall–Kier alpha value is -2.89. The predicted octanol–water partition coefficient (Wildman–Crippen LogP) is 2.93. The molecule has 0 aliphatic heterocycles. The summed E-state index contributed by atoms with van der Waals surface area (Å²) < 4.78 is 10.3. The normalized spacial score (nSPS) is 14.2. The quantitative estimate of drug-likeness (QED) is 0.934. The second-order valence-corrected chi connectivity index (χ2v) is 4.82. The molecule has 112 valence electrons. The van der Waals surface area contributed by atoms with Crippen LogP contribution in [0.15, 0.2) is 46.5 Å². The smallest absolute Gasteiger partial charge is 0.331 e. The molecule has 6 heteroatoms. The van der Waals surface area contributed by atoms with Crippen LogP contribution in [0.5, 0.6) is 5.75 Å². The van der Waals surface area contributed by atoms with Gasteiger partial charge in [-0.25, -0.2) is 4.79 Å². The molecule has 0 spiro atoms. The molecule has 6 nitrogen and oxygen atoms in total. The van der Waals surface area contributed by atoms with Crippen molar-refractivity contribution in [1.29, 1.82) is 0 Å². The average Bonchev–Trinajstić information content (AvgIpc) is 3.05. The molecule has 1 heterocycles. The third kappa shape index (κ3) is 2.76. The number of ether oxygens (including phenoxy) is 1. The minimum atomic E-state index is -0.916. The monoisotopic (exact) mass is 298 g/mol. The summed E-state index contributed by atoms with van der Waals surface area (Å²) in [7, 11) is 1.60. The molecule has 1 aliphatic rings. The summed E-state index contributed by atoms with van der Waals surface area (Å²) in [6.45, 7) is 0. The highest BCUT2D eigenvalue weighted by Gasteiger charge is 2.17. The first-order chi connectivity index (χ1) is 10.7. The number of aromatic nitrogens is 2. The summed E-state index contributed by atoms with van der Waals surface area (Å²) in [5.74, 6) is 0.607. The number of aliphatic carboxylic acids is 1. The SMILES string of the molecule is COc1ccc(-c2noc(C3=CCCC(C(=O)O)=C3)n2)cc1. The van der Waals surface area contributed by atoms with Crippen molar-refractivity contribution >= 4 is 11.5 Å². The van der Waals surface area contributed by atoms with E-state index in [0.29, 0.717) is 35.7 Å². The lowest BCUT2D eigenvalue weighted by Gasteiger charge is -2.07. The first kappa shape index (κ1) is 14.1. The Morgan fingerprint density at radius 1 is 1.32 bits per heavy atom. The van der Waals surface area contributed by atoms with Gasteiger partial charge >= 0.3 is 5.97 Å². The van der Waals surface area contributed by atoms with Gasteiger partial charge in [-0.05, 0) is 43.2 Å². The molecule has 0 unspecified atom stereocenters. The van der Waals surface area contributed by atoms with Gasteiger partial charge in [0, 0.05) is 16.7 Å². The van der Waals surface area contributed by atoms with E-state index in [4.69, 9.17) is 14.4 Å². The molecule has 0 bridgehead atoms. The Morgan fingerprint density at radius 2 is 2.09 bits per heavy atom. The Kier molecular flexibility index (Phi) is 3.74. The van der Waals surface area contributed by atoms with Crippen LogP contribution in [0, 0.1) is 0 Å². The molecular weight excluding hydrogens is 284 g/mol. The van der Waals surface area contributed by atoms with Gasteiger partial charge in [-0.2, -0.15) is 4.98 Å². The highest BCUT2D eigenvalue weighted by molar-refractivity contribution is 5.91. The fourth-order valence-electron chi connectivity index (χ4n) is 2.22. The number of allylic oxidation sites excluding steroid dienone is 3. The van der Waals surface area contributed by atoms with E-state index in [1.807, 2.05) is 30.3 Å². The van der Waals surface area contributed by atoms with E-state index in [2.05, 4.69) is 10.1 Å². The van der Waals surface area contributed by atoms with E-state index in [9.17, 15) is 4.79 Å². The molecule has 0 saturated heterocycles. The molecule has 2 aromatic rings. The van der Waals surface area contributed by atoms with Crippen molar-refractivity contribution in [2.75, 3.05) is 7.11 Å². The number of carboxylic acids is 1. The van der Waals surface area contributed by atoms with Crippen molar-refractivity contribution in [2.45, 2.75) is 12.8 Å². The van der Waals surface area contributed by atoms with Gasteiger partial charge in [-0.3, -0.25) is 0 Å². The summed E-state index contributed by atoms with van der Waals surface area (Å²) in [6, 6.07) is 7.30. The van der Waals surface area contributed by atoms with Crippen LogP contribution in [0.3, 0.4) is 0 Å². The number of hydrogen-bond donors (Lipinski definition) is 1. The number of carboxylic acid groups (broad SMARTS) is 1. The van der Waals surface area contributed by atoms with Crippen molar-refractivity contribution in [2.24, 2.45) is 0 Å². The van der Waals surface area contributed by atoms with E-state index in [0.717, 1.165) is 11.3 Å². The van der Waals surface area contributed by atoms with Crippen LogP contribution < -0.4 is 4.74 Å². The second kappa shape index (κ2) is 5.85. The molecule has 1 aromatic carbocycles. The summed E-state index contributed by atoms with van der Waals surface area (Å²) in [5.41, 5.74) is 1.80. The van der Waals surface area contributed by atoms with Crippen LogP contribution in [0.25, 0.3) is 17.0 Å². The van der Waals surface area contributed by atoms with Crippen molar-refractivity contribution in [3.8, 4) is 17.1 Å². The molecule has 1 aliphatic carbocycles. The second-order valence-electron chi connectivity index (χ2n) is 4.82. The number of carbonyl (C=O) groups is 1. The first-order valence-electron chi connectivity index (χ1n) is 6.80. The number of hydrogen-bond acceptors (Lipinski definition) is 5. The van der Waals surface area contributed by atoms with Gasteiger partial charge < -0.3 is 14.4 Å². The van der Waals surface area contributed by atoms with E-state index in [1.54, 1.807) is 13.2 Å². The van der Waals surface area contributed by atoms with Crippen molar-refractivity contribution < 1.29 is 19.2 Å². The highest BCUT2D eigenvalue weighted by Crippen LogP contribution is 2.26. The van der Waals surface area contributed by atoms with Crippen LogP contribution >= 0.6 is 0 Å². The molecule has 22 heavy (non-hydrogen) atoms. The fourth-order valence-corrected chi connectivity index (χ4v) is 2.22. The van der Waals surface area contributed by atoms with Gasteiger partial charge in [-0.15, -0.1) is 0 Å². The Balaban J connectivity index is 1.87. The van der Waals surface area contributed by atoms with E-state index in [-0.39, 0.29) is 0 Å². The van der Waals surface area contributed by atoms with Crippen molar-refractivity contribution in [1.82, 2.24) is 10.1 Å². The number of benzene rings is 1. The summed E-state index contributed by atoms with van der Waals surface area (Å²) in [6.07, 6.45) is 4.64.